The molecule has 25 heavy (non-hydrogen) atoms. The molecule has 5 nitrogen and oxygen atoms in total. The average Bonchev–Trinajstić information content (AvgIpc) is 3.11. The Bertz CT molecular complexity index is 542. The lowest BCUT2D eigenvalue weighted by molar-refractivity contribution is -0.0971. The normalized spacial score (nSPS) is 21.1. The van der Waals surface area contributed by atoms with Crippen LogP contribution in [0.2, 0.25) is 0 Å². The first-order chi connectivity index (χ1) is 11.7. The molecule has 1 aromatic rings. The van der Waals surface area contributed by atoms with Gasteiger partial charge in [0.25, 0.3) is 0 Å². The van der Waals surface area contributed by atoms with E-state index in [9.17, 15) is 0 Å². The molecule has 3 rings (SSSR count). The number of benzene rings is 1. The Morgan fingerprint density at radius 1 is 1.20 bits per heavy atom. The van der Waals surface area contributed by atoms with Gasteiger partial charge < -0.3 is 15.4 Å². The minimum absolute atomic E-state index is 0. The molecule has 2 fully saturated rings. The maximum atomic E-state index is 5.32. The van der Waals surface area contributed by atoms with Crippen molar-refractivity contribution in [3.63, 3.8) is 0 Å². The molecule has 0 spiro atoms. The lowest BCUT2D eigenvalue weighted by atomic mass is 9.89. The fourth-order valence-corrected chi connectivity index (χ4v) is 3.45. The second-order valence-corrected chi connectivity index (χ2v) is 7.28. The molecule has 0 saturated carbocycles. The molecule has 0 radical (unpaired) electrons. The smallest absolute Gasteiger partial charge is 0.191 e. The highest BCUT2D eigenvalue weighted by molar-refractivity contribution is 14.0. The monoisotopic (exact) mass is 458 g/mol. The van der Waals surface area contributed by atoms with Crippen LogP contribution in [0.1, 0.15) is 31.4 Å². The van der Waals surface area contributed by atoms with E-state index in [0.29, 0.717) is 6.04 Å². The van der Waals surface area contributed by atoms with E-state index in [1.54, 1.807) is 0 Å². The number of halogens is 1. The molecule has 2 heterocycles. The van der Waals surface area contributed by atoms with Gasteiger partial charge in [-0.05, 0) is 31.5 Å². The Kier molecular flexibility index (Phi) is 7.96. The number of hydrogen-bond acceptors (Lipinski definition) is 3. The van der Waals surface area contributed by atoms with Crippen LogP contribution < -0.4 is 10.6 Å². The lowest BCUT2D eigenvalue weighted by Crippen LogP contribution is -2.51. The number of likely N-dealkylation sites (tertiary alicyclic amines) is 1. The number of nitrogens with one attached hydrogen (secondary N) is 2. The summed E-state index contributed by atoms with van der Waals surface area (Å²) in [6, 6.07) is 11.2. The zero-order chi connectivity index (χ0) is 16.8. The first-order valence-corrected chi connectivity index (χ1v) is 9.01. The summed E-state index contributed by atoms with van der Waals surface area (Å²) in [5.41, 5.74) is 1.62. The Balaban J connectivity index is 0.00000225. The maximum Gasteiger partial charge on any atom is 0.191 e. The Hall–Kier alpha value is -0.860. The van der Waals surface area contributed by atoms with Crippen LogP contribution in [-0.4, -0.2) is 57.3 Å². The van der Waals surface area contributed by atoms with Gasteiger partial charge in [0.15, 0.2) is 5.96 Å². The van der Waals surface area contributed by atoms with Gasteiger partial charge in [-0.2, -0.15) is 0 Å². The molecule has 140 valence electrons. The van der Waals surface area contributed by atoms with Gasteiger partial charge in [0.1, 0.15) is 0 Å². The zero-order valence-corrected chi connectivity index (χ0v) is 17.7. The van der Waals surface area contributed by atoms with Crippen molar-refractivity contribution in [3.05, 3.63) is 35.9 Å². The third kappa shape index (κ3) is 5.56. The molecular formula is C19H31IN4O. The van der Waals surface area contributed by atoms with Crippen LogP contribution in [0.15, 0.2) is 35.3 Å². The largest absolute Gasteiger partial charge is 0.380 e. The summed E-state index contributed by atoms with van der Waals surface area (Å²) >= 11 is 0. The van der Waals surface area contributed by atoms with Gasteiger partial charge in [-0.1, -0.05) is 37.3 Å². The third-order valence-corrected chi connectivity index (χ3v) is 5.04. The van der Waals surface area contributed by atoms with E-state index in [4.69, 9.17) is 4.74 Å². The number of hydrogen-bond donors (Lipinski definition) is 2. The lowest BCUT2D eigenvalue weighted by Gasteiger charge is -2.38. The van der Waals surface area contributed by atoms with Crippen LogP contribution in [0.25, 0.3) is 0 Å². The second kappa shape index (κ2) is 9.73. The molecule has 0 aliphatic carbocycles. The van der Waals surface area contributed by atoms with Gasteiger partial charge in [0.05, 0.1) is 19.3 Å². The maximum absolute atomic E-state index is 5.32. The van der Waals surface area contributed by atoms with E-state index < -0.39 is 0 Å². The molecule has 0 aromatic heterocycles. The van der Waals surface area contributed by atoms with E-state index in [-0.39, 0.29) is 29.4 Å². The van der Waals surface area contributed by atoms with Crippen LogP contribution >= 0.6 is 24.0 Å². The van der Waals surface area contributed by atoms with Crippen LogP contribution in [0.5, 0.6) is 0 Å². The number of guanidine groups is 1. The number of ether oxygens (including phenoxy) is 1. The SMILES string of the molecule is CN=C(NCC(c1ccccc1)N1CCCC1)NCC1(C)COC1.I. The van der Waals surface area contributed by atoms with Crippen molar-refractivity contribution in [1.29, 1.82) is 0 Å². The average molecular weight is 458 g/mol. The number of nitrogens with zero attached hydrogens (tertiary/aromatic N) is 2. The van der Waals surface area contributed by atoms with Crippen molar-refractivity contribution < 1.29 is 4.74 Å². The van der Waals surface area contributed by atoms with Gasteiger partial charge in [0, 0.05) is 25.6 Å². The van der Waals surface area contributed by atoms with E-state index in [1.807, 2.05) is 7.05 Å². The first-order valence-electron chi connectivity index (χ1n) is 9.01. The van der Waals surface area contributed by atoms with Crippen molar-refractivity contribution in [2.45, 2.75) is 25.8 Å². The molecule has 2 aliphatic heterocycles. The fourth-order valence-electron chi connectivity index (χ4n) is 3.45. The predicted octanol–water partition coefficient (Wildman–Crippen LogP) is 2.64. The second-order valence-electron chi connectivity index (χ2n) is 7.28. The predicted molar refractivity (Wildman–Crippen MR) is 114 cm³/mol. The highest BCUT2D eigenvalue weighted by atomic mass is 127. The molecular weight excluding hydrogens is 427 g/mol. The summed E-state index contributed by atoms with van der Waals surface area (Å²) in [7, 11) is 1.84. The van der Waals surface area contributed by atoms with Crippen molar-refractivity contribution in [1.82, 2.24) is 15.5 Å². The fraction of sp³-hybridized carbons (Fsp3) is 0.632. The van der Waals surface area contributed by atoms with Crippen molar-refractivity contribution in [2.75, 3.05) is 46.4 Å². The summed E-state index contributed by atoms with van der Waals surface area (Å²) in [5.74, 6) is 0.878. The van der Waals surface area contributed by atoms with Crippen LogP contribution in [0.4, 0.5) is 0 Å². The molecule has 0 bridgehead atoms. The van der Waals surface area contributed by atoms with E-state index in [2.05, 4.69) is 57.8 Å². The van der Waals surface area contributed by atoms with Crippen molar-refractivity contribution in [3.8, 4) is 0 Å². The van der Waals surface area contributed by atoms with Gasteiger partial charge >= 0.3 is 0 Å². The molecule has 2 N–H and O–H groups in total. The van der Waals surface area contributed by atoms with E-state index >= 15 is 0 Å². The minimum Gasteiger partial charge on any atom is -0.380 e. The number of rotatable bonds is 6. The summed E-state index contributed by atoms with van der Waals surface area (Å²) in [6.45, 7) is 8.04. The molecule has 1 unspecified atom stereocenters. The van der Waals surface area contributed by atoms with Crippen LogP contribution in [0.3, 0.4) is 0 Å². The molecule has 1 atom stereocenters. The third-order valence-electron chi connectivity index (χ3n) is 5.04. The standard InChI is InChI=1S/C19H30N4O.HI/c1-19(14-24-15-19)13-22-18(20-2)21-12-17(23-10-6-7-11-23)16-8-4-3-5-9-16;/h3-5,8-9,17H,6-7,10-15H2,1-2H3,(H2,20,21,22);1H. The van der Waals surface area contributed by atoms with E-state index in [0.717, 1.165) is 32.3 Å². The minimum atomic E-state index is 0. The van der Waals surface area contributed by atoms with Gasteiger partial charge in [0.2, 0.25) is 0 Å². The molecule has 6 heteroatoms. The molecule has 0 amide bonds. The number of aliphatic imine (C=N–C) groups is 1. The highest BCUT2D eigenvalue weighted by Crippen LogP contribution is 2.25. The quantitative estimate of drug-likeness (QED) is 0.391. The highest BCUT2D eigenvalue weighted by Gasteiger charge is 2.33. The van der Waals surface area contributed by atoms with Crippen molar-refractivity contribution in [2.24, 2.45) is 10.4 Å². The van der Waals surface area contributed by atoms with Crippen LogP contribution in [-0.2, 0) is 4.74 Å². The molecule has 2 saturated heterocycles. The first kappa shape index (κ1) is 20.5. The van der Waals surface area contributed by atoms with Gasteiger partial charge in [-0.25, -0.2) is 0 Å². The van der Waals surface area contributed by atoms with Gasteiger partial charge in [-0.3, -0.25) is 9.89 Å². The Morgan fingerprint density at radius 2 is 1.88 bits per heavy atom. The summed E-state index contributed by atoms with van der Waals surface area (Å²) in [5, 5.41) is 6.97. The Morgan fingerprint density at radius 3 is 2.44 bits per heavy atom. The topological polar surface area (TPSA) is 48.9 Å². The molecule has 1 aromatic carbocycles. The molecule has 2 aliphatic rings. The zero-order valence-electron chi connectivity index (χ0n) is 15.3. The summed E-state index contributed by atoms with van der Waals surface area (Å²) < 4.78 is 5.32. The van der Waals surface area contributed by atoms with Crippen molar-refractivity contribution >= 4 is 29.9 Å². The summed E-state index contributed by atoms with van der Waals surface area (Å²) in [6.07, 6.45) is 2.60. The van der Waals surface area contributed by atoms with E-state index in [1.165, 1.54) is 31.5 Å². The van der Waals surface area contributed by atoms with Crippen LogP contribution in [0, 0.1) is 5.41 Å². The summed E-state index contributed by atoms with van der Waals surface area (Å²) in [4.78, 5) is 6.96. The van der Waals surface area contributed by atoms with Gasteiger partial charge in [-0.15, -0.1) is 24.0 Å². The Labute approximate surface area is 168 Å².